The molecule has 146 valence electrons. The first-order chi connectivity index (χ1) is 14.1. The van der Waals surface area contributed by atoms with Crippen LogP contribution < -0.4 is 4.74 Å². The summed E-state index contributed by atoms with van der Waals surface area (Å²) in [6.45, 7) is 0. The van der Waals surface area contributed by atoms with E-state index in [1.54, 1.807) is 54.6 Å². The van der Waals surface area contributed by atoms with Crippen LogP contribution in [0, 0.1) is 0 Å². The van der Waals surface area contributed by atoms with Crippen LogP contribution in [0.2, 0.25) is 0 Å². The zero-order chi connectivity index (χ0) is 20.4. The highest BCUT2D eigenvalue weighted by atomic mass is 32.2. The van der Waals surface area contributed by atoms with Gasteiger partial charge < -0.3 is 14.6 Å². The van der Waals surface area contributed by atoms with Gasteiger partial charge in [-0.15, -0.1) is 0 Å². The third-order valence-electron chi connectivity index (χ3n) is 4.88. The van der Waals surface area contributed by atoms with Gasteiger partial charge in [-0.3, -0.25) is 0 Å². The molecule has 1 unspecified atom stereocenters. The first-order valence-corrected chi connectivity index (χ1v) is 10.4. The van der Waals surface area contributed by atoms with Gasteiger partial charge in [0.05, 0.1) is 11.7 Å². The van der Waals surface area contributed by atoms with Crippen molar-refractivity contribution in [2.45, 2.75) is 11.7 Å². The zero-order valence-corrected chi connectivity index (χ0v) is 16.2. The maximum absolute atomic E-state index is 12.1. The molecule has 3 aromatic carbocycles. The summed E-state index contributed by atoms with van der Waals surface area (Å²) in [5.74, 6) is 0.432. The molecule has 0 fully saturated rings. The number of rotatable bonds is 5. The number of ether oxygens (including phenoxy) is 1. The SMILES string of the molecule is O=CC1C(c2ccccc2O)=C(c2ccc(C[SH](=O)=O)cc2)Oc2ccccc21. The van der Waals surface area contributed by atoms with E-state index < -0.39 is 16.6 Å². The molecule has 5 nitrogen and oxygen atoms in total. The van der Waals surface area contributed by atoms with E-state index in [0.29, 0.717) is 33.8 Å². The number of phenolic OH excluding ortho intramolecular Hbond substituents is 1. The van der Waals surface area contributed by atoms with Crippen LogP contribution in [0.5, 0.6) is 11.5 Å². The Bertz CT molecular complexity index is 1170. The van der Waals surface area contributed by atoms with Gasteiger partial charge in [-0.05, 0) is 17.7 Å². The molecule has 0 saturated heterocycles. The summed E-state index contributed by atoms with van der Waals surface area (Å²) in [5, 5.41) is 10.5. The molecule has 6 heteroatoms. The minimum atomic E-state index is -2.52. The second-order valence-corrected chi connectivity index (χ2v) is 7.68. The van der Waals surface area contributed by atoms with Gasteiger partial charge >= 0.3 is 0 Å². The molecule has 29 heavy (non-hydrogen) atoms. The van der Waals surface area contributed by atoms with Crippen molar-refractivity contribution in [1.82, 2.24) is 0 Å². The number of para-hydroxylation sites is 2. The third-order valence-corrected chi connectivity index (χ3v) is 5.50. The number of fused-ring (bicyclic) bond motifs is 1. The number of benzene rings is 3. The predicted octanol–water partition coefficient (Wildman–Crippen LogP) is 3.75. The Morgan fingerprint density at radius 2 is 1.62 bits per heavy atom. The van der Waals surface area contributed by atoms with Crippen molar-refractivity contribution in [2.24, 2.45) is 0 Å². The van der Waals surface area contributed by atoms with Gasteiger partial charge in [0.1, 0.15) is 34.2 Å². The fourth-order valence-electron chi connectivity index (χ4n) is 3.55. The summed E-state index contributed by atoms with van der Waals surface area (Å²) in [7, 11) is -2.52. The number of carbonyl (C=O) groups is 1. The van der Waals surface area contributed by atoms with Crippen LogP contribution in [-0.4, -0.2) is 19.8 Å². The summed E-state index contributed by atoms with van der Waals surface area (Å²) in [4.78, 5) is 12.1. The molecule has 4 rings (SSSR count). The Morgan fingerprint density at radius 3 is 2.31 bits per heavy atom. The zero-order valence-electron chi connectivity index (χ0n) is 15.3. The fourth-order valence-corrected chi connectivity index (χ4v) is 4.06. The van der Waals surface area contributed by atoms with E-state index >= 15 is 0 Å². The van der Waals surface area contributed by atoms with E-state index in [1.807, 2.05) is 18.2 Å². The first kappa shape index (κ1) is 19.0. The molecule has 1 aliphatic rings. The molecule has 0 aliphatic carbocycles. The lowest BCUT2D eigenvalue weighted by Crippen LogP contribution is -2.15. The van der Waals surface area contributed by atoms with Crippen LogP contribution in [0.15, 0.2) is 72.8 Å². The minimum Gasteiger partial charge on any atom is -0.507 e. The maximum atomic E-state index is 12.1. The summed E-state index contributed by atoms with van der Waals surface area (Å²) in [6.07, 6.45) is 0.847. The Morgan fingerprint density at radius 1 is 0.931 bits per heavy atom. The molecule has 0 aromatic heterocycles. The van der Waals surface area contributed by atoms with E-state index in [-0.39, 0.29) is 11.5 Å². The standard InChI is InChI=1S/C23H18O5S/c24-13-19-17-5-2-4-8-21(17)28-23(22(19)18-6-1-3-7-20(18)25)16-11-9-15(10-12-16)14-29(26)27/h1-13,19,25,29H,14H2. The second-order valence-electron chi connectivity index (χ2n) is 6.70. The number of hydrogen-bond acceptors (Lipinski definition) is 5. The lowest BCUT2D eigenvalue weighted by atomic mass is 9.83. The Balaban J connectivity index is 1.93. The molecule has 1 N–H and O–H groups in total. The fraction of sp³-hybridized carbons (Fsp3) is 0.0870. The van der Waals surface area contributed by atoms with E-state index in [1.165, 1.54) is 0 Å². The lowest BCUT2D eigenvalue weighted by molar-refractivity contribution is -0.108. The number of hydrogen-bond donors (Lipinski definition) is 2. The van der Waals surface area contributed by atoms with E-state index in [4.69, 9.17) is 4.74 Å². The summed E-state index contributed by atoms with van der Waals surface area (Å²) in [6, 6.07) is 21.1. The van der Waals surface area contributed by atoms with Crippen molar-refractivity contribution in [3.05, 3.63) is 95.1 Å². The van der Waals surface area contributed by atoms with Crippen molar-refractivity contribution < 1.29 is 23.1 Å². The Labute approximate surface area is 169 Å². The number of carbonyl (C=O) groups excluding carboxylic acids is 1. The third kappa shape index (κ3) is 3.67. The van der Waals surface area contributed by atoms with Crippen LogP contribution >= 0.6 is 0 Å². The Kier molecular flexibility index (Phi) is 5.18. The quantitative estimate of drug-likeness (QED) is 0.498. The monoisotopic (exact) mass is 406 g/mol. The highest BCUT2D eigenvalue weighted by Crippen LogP contribution is 2.47. The van der Waals surface area contributed by atoms with E-state index in [2.05, 4.69) is 0 Å². The molecule has 0 spiro atoms. The Hall–Kier alpha value is -3.38. The summed E-state index contributed by atoms with van der Waals surface area (Å²) in [5.41, 5.74) is 3.16. The molecular formula is C23H18O5S. The first-order valence-electron chi connectivity index (χ1n) is 9.04. The number of thiol groups is 1. The van der Waals surface area contributed by atoms with Crippen molar-refractivity contribution in [2.75, 3.05) is 0 Å². The molecule has 0 bridgehead atoms. The number of aldehydes is 1. The molecular weight excluding hydrogens is 388 g/mol. The average molecular weight is 406 g/mol. The van der Waals surface area contributed by atoms with E-state index in [0.717, 1.165) is 11.8 Å². The smallest absolute Gasteiger partial charge is 0.144 e. The molecule has 1 heterocycles. The molecule has 1 aliphatic heterocycles. The molecule has 3 aromatic rings. The molecule has 0 radical (unpaired) electrons. The van der Waals surface area contributed by atoms with Crippen molar-refractivity contribution in [3.63, 3.8) is 0 Å². The van der Waals surface area contributed by atoms with Gasteiger partial charge in [0.2, 0.25) is 0 Å². The van der Waals surface area contributed by atoms with Gasteiger partial charge in [-0.2, -0.15) is 0 Å². The van der Waals surface area contributed by atoms with E-state index in [9.17, 15) is 18.3 Å². The van der Waals surface area contributed by atoms with Crippen molar-refractivity contribution >= 4 is 28.3 Å². The summed E-state index contributed by atoms with van der Waals surface area (Å²) < 4.78 is 28.2. The molecule has 1 atom stereocenters. The normalized spacial score (nSPS) is 15.7. The molecule has 0 amide bonds. The maximum Gasteiger partial charge on any atom is 0.144 e. The van der Waals surface area contributed by atoms with Crippen LogP contribution in [0.4, 0.5) is 0 Å². The largest absolute Gasteiger partial charge is 0.507 e. The van der Waals surface area contributed by atoms with Gasteiger partial charge in [-0.1, -0.05) is 60.7 Å². The average Bonchev–Trinajstić information content (AvgIpc) is 2.73. The number of allylic oxidation sites excluding steroid dienone is 1. The number of phenols is 1. The van der Waals surface area contributed by atoms with Gasteiger partial charge in [0, 0.05) is 22.3 Å². The highest BCUT2D eigenvalue weighted by Gasteiger charge is 2.32. The van der Waals surface area contributed by atoms with Gasteiger partial charge in [0.25, 0.3) is 0 Å². The lowest BCUT2D eigenvalue weighted by Gasteiger charge is -2.28. The van der Waals surface area contributed by atoms with Crippen LogP contribution in [0.3, 0.4) is 0 Å². The topological polar surface area (TPSA) is 80.7 Å². The van der Waals surface area contributed by atoms with Crippen LogP contribution in [0.1, 0.15) is 28.2 Å². The highest BCUT2D eigenvalue weighted by molar-refractivity contribution is 7.71. The number of aromatic hydroxyl groups is 1. The van der Waals surface area contributed by atoms with Gasteiger partial charge in [-0.25, -0.2) is 8.42 Å². The second kappa shape index (κ2) is 7.93. The minimum absolute atomic E-state index is 0.0400. The van der Waals surface area contributed by atoms with Crippen LogP contribution in [0.25, 0.3) is 11.3 Å². The van der Waals surface area contributed by atoms with Crippen molar-refractivity contribution in [3.8, 4) is 11.5 Å². The predicted molar refractivity (Wildman–Crippen MR) is 111 cm³/mol. The van der Waals surface area contributed by atoms with Crippen LogP contribution in [-0.2, 0) is 21.3 Å². The molecule has 0 saturated carbocycles. The summed E-state index contributed by atoms with van der Waals surface area (Å²) >= 11 is 0. The van der Waals surface area contributed by atoms with Crippen molar-refractivity contribution in [1.29, 1.82) is 0 Å². The van der Waals surface area contributed by atoms with Gasteiger partial charge in [0.15, 0.2) is 0 Å².